The van der Waals surface area contributed by atoms with Crippen molar-refractivity contribution >= 4 is 11.6 Å². The molecule has 1 aromatic rings. The predicted molar refractivity (Wildman–Crippen MR) is 77.7 cm³/mol. The molecular formula is C15H23N3O. The van der Waals surface area contributed by atoms with Gasteiger partial charge >= 0.3 is 0 Å². The molecule has 0 heterocycles. The van der Waals surface area contributed by atoms with Crippen LogP contribution in [0.15, 0.2) is 24.3 Å². The minimum Gasteiger partial charge on any atom is -0.398 e. The van der Waals surface area contributed by atoms with Gasteiger partial charge in [0.05, 0.1) is 5.56 Å². The highest BCUT2D eigenvalue weighted by molar-refractivity contribution is 5.99. The van der Waals surface area contributed by atoms with Crippen molar-refractivity contribution in [2.75, 3.05) is 12.3 Å². The molecule has 2 rings (SSSR count). The number of nitrogens with one attached hydrogen (secondary N) is 1. The highest BCUT2D eigenvalue weighted by Crippen LogP contribution is 2.26. The third kappa shape index (κ3) is 3.47. The molecular weight excluding hydrogens is 238 g/mol. The van der Waals surface area contributed by atoms with Crippen molar-refractivity contribution in [1.29, 1.82) is 0 Å². The molecule has 5 N–H and O–H groups in total. The quantitative estimate of drug-likeness (QED) is 0.724. The van der Waals surface area contributed by atoms with Crippen LogP contribution >= 0.6 is 0 Å². The molecule has 1 aliphatic carbocycles. The van der Waals surface area contributed by atoms with Gasteiger partial charge in [0.15, 0.2) is 0 Å². The van der Waals surface area contributed by atoms with E-state index in [4.69, 9.17) is 11.5 Å². The molecule has 1 unspecified atom stereocenters. The number of nitrogen functional groups attached to an aromatic ring is 1. The summed E-state index contributed by atoms with van der Waals surface area (Å²) in [4.78, 5) is 12.2. The second-order valence-electron chi connectivity index (χ2n) is 5.30. The van der Waals surface area contributed by atoms with E-state index >= 15 is 0 Å². The maximum absolute atomic E-state index is 12.2. The molecule has 1 atom stereocenters. The van der Waals surface area contributed by atoms with E-state index in [2.05, 4.69) is 5.32 Å². The number of carbonyl (C=O) groups excluding carboxylic acids is 1. The van der Waals surface area contributed by atoms with Gasteiger partial charge in [0.1, 0.15) is 0 Å². The van der Waals surface area contributed by atoms with Gasteiger partial charge in [0, 0.05) is 18.3 Å². The Balaban J connectivity index is 2.01. The van der Waals surface area contributed by atoms with Crippen molar-refractivity contribution in [1.82, 2.24) is 5.32 Å². The lowest BCUT2D eigenvalue weighted by atomic mass is 9.84. The Kier molecular flexibility index (Phi) is 4.80. The zero-order valence-electron chi connectivity index (χ0n) is 11.3. The molecule has 104 valence electrons. The number of nitrogens with two attached hydrogens (primary N) is 2. The van der Waals surface area contributed by atoms with Crippen molar-refractivity contribution < 1.29 is 4.79 Å². The van der Waals surface area contributed by atoms with E-state index < -0.39 is 0 Å². The first-order valence-electron chi connectivity index (χ1n) is 7.08. The maximum Gasteiger partial charge on any atom is 0.253 e. The molecule has 0 spiro atoms. The summed E-state index contributed by atoms with van der Waals surface area (Å²) < 4.78 is 0. The minimum atomic E-state index is -0.112. The van der Waals surface area contributed by atoms with Gasteiger partial charge in [0.25, 0.3) is 5.91 Å². The van der Waals surface area contributed by atoms with E-state index in [0.717, 1.165) is 12.8 Å². The van der Waals surface area contributed by atoms with Crippen LogP contribution in [0.2, 0.25) is 0 Å². The number of rotatable bonds is 4. The number of hydrogen-bond donors (Lipinski definition) is 3. The number of hydrogen-bond acceptors (Lipinski definition) is 3. The molecule has 1 aromatic carbocycles. The average molecular weight is 261 g/mol. The summed E-state index contributed by atoms with van der Waals surface area (Å²) in [5.41, 5.74) is 12.7. The fourth-order valence-electron chi connectivity index (χ4n) is 2.86. The molecule has 0 saturated heterocycles. The Morgan fingerprint density at radius 1 is 1.26 bits per heavy atom. The topological polar surface area (TPSA) is 81.1 Å². The summed E-state index contributed by atoms with van der Waals surface area (Å²) in [5.74, 6) is 0.395. The Morgan fingerprint density at radius 2 is 1.95 bits per heavy atom. The third-order valence-electron chi connectivity index (χ3n) is 3.99. The fourth-order valence-corrected chi connectivity index (χ4v) is 2.86. The van der Waals surface area contributed by atoms with Gasteiger partial charge in [-0.1, -0.05) is 31.4 Å². The lowest BCUT2D eigenvalue weighted by molar-refractivity contribution is 0.0916. The molecule has 0 aromatic heterocycles. The number of amides is 1. The highest BCUT2D eigenvalue weighted by atomic mass is 16.1. The van der Waals surface area contributed by atoms with E-state index in [-0.39, 0.29) is 11.9 Å². The maximum atomic E-state index is 12.2. The Morgan fingerprint density at radius 3 is 2.58 bits per heavy atom. The normalized spacial score (nSPS) is 17.9. The van der Waals surface area contributed by atoms with Crippen LogP contribution in [-0.2, 0) is 0 Å². The lowest BCUT2D eigenvalue weighted by Gasteiger charge is -2.30. The summed E-state index contributed by atoms with van der Waals surface area (Å²) in [6.45, 7) is 0.489. The van der Waals surface area contributed by atoms with Crippen LogP contribution in [0, 0.1) is 5.92 Å². The standard InChI is InChI=1S/C15H23N3O/c16-10-14(11-6-2-1-3-7-11)18-15(19)12-8-4-5-9-13(12)17/h4-5,8-9,11,14H,1-3,6-7,10,16-17H2,(H,18,19). The lowest BCUT2D eigenvalue weighted by Crippen LogP contribution is -2.46. The number of carbonyl (C=O) groups is 1. The van der Waals surface area contributed by atoms with E-state index in [1.54, 1.807) is 12.1 Å². The monoisotopic (exact) mass is 261 g/mol. The predicted octanol–water partition coefficient (Wildman–Crippen LogP) is 1.91. The molecule has 0 aliphatic heterocycles. The van der Waals surface area contributed by atoms with Gasteiger partial charge in [-0.25, -0.2) is 0 Å². The first-order valence-corrected chi connectivity index (χ1v) is 7.08. The molecule has 1 amide bonds. The van der Waals surface area contributed by atoms with Crippen LogP contribution in [0.4, 0.5) is 5.69 Å². The fraction of sp³-hybridized carbons (Fsp3) is 0.533. The van der Waals surface area contributed by atoms with E-state index in [1.807, 2.05) is 12.1 Å². The molecule has 4 nitrogen and oxygen atoms in total. The van der Waals surface area contributed by atoms with Gasteiger partial charge in [-0.15, -0.1) is 0 Å². The van der Waals surface area contributed by atoms with Crippen molar-refractivity contribution in [3.63, 3.8) is 0 Å². The van der Waals surface area contributed by atoms with Crippen molar-refractivity contribution in [3.05, 3.63) is 29.8 Å². The second-order valence-corrected chi connectivity index (χ2v) is 5.30. The zero-order valence-corrected chi connectivity index (χ0v) is 11.3. The molecule has 0 radical (unpaired) electrons. The van der Waals surface area contributed by atoms with Gasteiger partial charge in [-0.2, -0.15) is 0 Å². The summed E-state index contributed by atoms with van der Waals surface area (Å²) in [5, 5.41) is 3.05. The van der Waals surface area contributed by atoms with Crippen molar-refractivity contribution in [2.24, 2.45) is 11.7 Å². The zero-order chi connectivity index (χ0) is 13.7. The van der Waals surface area contributed by atoms with Crippen LogP contribution in [0.3, 0.4) is 0 Å². The van der Waals surface area contributed by atoms with Gasteiger partial charge in [-0.05, 0) is 30.9 Å². The first kappa shape index (κ1) is 13.9. The van der Waals surface area contributed by atoms with Crippen molar-refractivity contribution in [2.45, 2.75) is 38.1 Å². The van der Waals surface area contributed by atoms with Gasteiger partial charge < -0.3 is 16.8 Å². The largest absolute Gasteiger partial charge is 0.398 e. The summed E-state index contributed by atoms with van der Waals surface area (Å²) in [7, 11) is 0. The molecule has 4 heteroatoms. The van der Waals surface area contributed by atoms with Gasteiger partial charge in [-0.3, -0.25) is 4.79 Å². The molecule has 1 saturated carbocycles. The minimum absolute atomic E-state index is 0.0624. The number of anilines is 1. The average Bonchev–Trinajstić information content (AvgIpc) is 2.46. The molecule has 19 heavy (non-hydrogen) atoms. The van der Waals surface area contributed by atoms with Crippen LogP contribution < -0.4 is 16.8 Å². The van der Waals surface area contributed by atoms with Crippen LogP contribution in [0.1, 0.15) is 42.5 Å². The Labute approximate surface area is 114 Å². The first-order chi connectivity index (χ1) is 9.22. The van der Waals surface area contributed by atoms with E-state index in [1.165, 1.54) is 19.3 Å². The van der Waals surface area contributed by atoms with Crippen molar-refractivity contribution in [3.8, 4) is 0 Å². The number of para-hydroxylation sites is 1. The van der Waals surface area contributed by atoms with E-state index in [0.29, 0.717) is 23.7 Å². The smallest absolute Gasteiger partial charge is 0.253 e. The Bertz CT molecular complexity index is 427. The van der Waals surface area contributed by atoms with Crippen LogP contribution in [0.25, 0.3) is 0 Å². The van der Waals surface area contributed by atoms with Crippen LogP contribution in [0.5, 0.6) is 0 Å². The Hall–Kier alpha value is -1.55. The molecule has 1 aliphatic rings. The SMILES string of the molecule is NCC(NC(=O)c1ccccc1N)C1CCCCC1. The summed E-state index contributed by atoms with van der Waals surface area (Å²) >= 11 is 0. The second kappa shape index (κ2) is 6.57. The third-order valence-corrected chi connectivity index (χ3v) is 3.99. The van der Waals surface area contributed by atoms with Gasteiger partial charge in [0.2, 0.25) is 0 Å². The summed E-state index contributed by atoms with van der Waals surface area (Å²) in [6.07, 6.45) is 6.10. The van der Waals surface area contributed by atoms with Crippen LogP contribution in [-0.4, -0.2) is 18.5 Å². The molecule has 0 bridgehead atoms. The molecule has 1 fully saturated rings. The number of benzene rings is 1. The summed E-state index contributed by atoms with van der Waals surface area (Å²) in [6, 6.07) is 7.20. The highest BCUT2D eigenvalue weighted by Gasteiger charge is 2.24. The van der Waals surface area contributed by atoms with E-state index in [9.17, 15) is 4.79 Å².